The maximum Gasteiger partial charge on any atom is 0.261 e. The van der Waals surface area contributed by atoms with Crippen LogP contribution in [0.1, 0.15) is 44.6 Å². The first-order chi connectivity index (χ1) is 15.6. The zero-order valence-corrected chi connectivity index (χ0v) is 19.1. The van der Waals surface area contributed by atoms with E-state index in [9.17, 15) is 9.59 Å². The number of nitrogens with one attached hydrogen (secondary N) is 1. The number of amides is 2. The van der Waals surface area contributed by atoms with Crippen molar-refractivity contribution in [1.82, 2.24) is 10.2 Å². The maximum absolute atomic E-state index is 13.3. The molecule has 1 N–H and O–H groups in total. The molecule has 0 aliphatic heterocycles. The Morgan fingerprint density at radius 3 is 2.34 bits per heavy atom. The van der Waals surface area contributed by atoms with E-state index in [1.165, 1.54) is 0 Å². The average Bonchev–Trinajstić information content (AvgIpc) is 3.34. The van der Waals surface area contributed by atoms with Crippen molar-refractivity contribution >= 4 is 11.8 Å². The van der Waals surface area contributed by atoms with Gasteiger partial charge in [0.25, 0.3) is 5.91 Å². The second kappa shape index (κ2) is 12.1. The molecule has 2 aromatic carbocycles. The van der Waals surface area contributed by atoms with Crippen LogP contribution in [0.3, 0.4) is 0 Å². The van der Waals surface area contributed by atoms with Crippen molar-refractivity contribution in [2.24, 2.45) is 0 Å². The van der Waals surface area contributed by atoms with Crippen LogP contribution in [0, 0.1) is 0 Å². The summed E-state index contributed by atoms with van der Waals surface area (Å²) in [4.78, 5) is 28.0. The number of ether oxygens (including phenoxy) is 2. The predicted octanol–water partition coefficient (Wildman–Crippen LogP) is 3.98. The number of carbonyl (C=O) groups is 2. The van der Waals surface area contributed by atoms with Gasteiger partial charge in [0.2, 0.25) is 5.91 Å². The lowest BCUT2D eigenvalue weighted by molar-refractivity contribution is -0.142. The van der Waals surface area contributed by atoms with Crippen LogP contribution in [0.4, 0.5) is 0 Å². The quantitative estimate of drug-likeness (QED) is 0.576. The molecule has 1 fully saturated rings. The Labute approximate surface area is 190 Å². The summed E-state index contributed by atoms with van der Waals surface area (Å²) < 4.78 is 11.1. The lowest BCUT2D eigenvalue weighted by Crippen LogP contribution is -2.52. The highest BCUT2D eigenvalue weighted by molar-refractivity contribution is 5.88. The first-order valence-electron chi connectivity index (χ1n) is 11.5. The van der Waals surface area contributed by atoms with Gasteiger partial charge >= 0.3 is 0 Å². The number of methoxy groups -OCH3 is 1. The van der Waals surface area contributed by atoms with Crippen LogP contribution >= 0.6 is 0 Å². The molecule has 1 atom stereocenters. The van der Waals surface area contributed by atoms with Gasteiger partial charge in [0.1, 0.15) is 6.04 Å². The van der Waals surface area contributed by atoms with E-state index in [0.717, 1.165) is 31.2 Å². The minimum absolute atomic E-state index is 0.0712. The molecule has 2 amide bonds. The summed E-state index contributed by atoms with van der Waals surface area (Å²) in [5.41, 5.74) is 1.13. The van der Waals surface area contributed by atoms with Crippen molar-refractivity contribution in [1.29, 1.82) is 0 Å². The van der Waals surface area contributed by atoms with E-state index in [4.69, 9.17) is 9.47 Å². The van der Waals surface area contributed by atoms with Crippen LogP contribution in [0.2, 0.25) is 0 Å². The molecule has 0 radical (unpaired) electrons. The number of nitrogens with zero attached hydrogens (tertiary/aromatic N) is 1. The van der Waals surface area contributed by atoms with Gasteiger partial charge in [-0.15, -0.1) is 0 Å². The number of carbonyl (C=O) groups excluding carboxylic acids is 2. The monoisotopic (exact) mass is 438 g/mol. The summed E-state index contributed by atoms with van der Waals surface area (Å²) in [5, 5.41) is 3.16. The highest BCUT2D eigenvalue weighted by Gasteiger charge is 2.30. The van der Waals surface area contributed by atoms with Gasteiger partial charge in [0.05, 0.1) is 7.11 Å². The lowest BCUT2D eigenvalue weighted by atomic mass is 10.1. The van der Waals surface area contributed by atoms with Crippen molar-refractivity contribution in [3.05, 3.63) is 60.2 Å². The molecular formula is C26H34N2O4. The van der Waals surface area contributed by atoms with Gasteiger partial charge in [-0.05, 0) is 43.4 Å². The Kier molecular flexibility index (Phi) is 8.96. The van der Waals surface area contributed by atoms with Gasteiger partial charge in [-0.25, -0.2) is 0 Å². The Morgan fingerprint density at radius 2 is 1.69 bits per heavy atom. The van der Waals surface area contributed by atoms with Crippen molar-refractivity contribution in [3.8, 4) is 11.5 Å². The van der Waals surface area contributed by atoms with Crippen molar-refractivity contribution in [2.75, 3.05) is 20.3 Å². The van der Waals surface area contributed by atoms with Crippen LogP contribution in [-0.2, 0) is 16.0 Å². The van der Waals surface area contributed by atoms with Crippen LogP contribution in [0.5, 0.6) is 11.5 Å². The van der Waals surface area contributed by atoms with E-state index in [0.29, 0.717) is 30.9 Å². The van der Waals surface area contributed by atoms with Gasteiger partial charge in [0, 0.05) is 12.6 Å². The Balaban J connectivity index is 1.71. The summed E-state index contributed by atoms with van der Waals surface area (Å²) in [7, 11) is 1.57. The summed E-state index contributed by atoms with van der Waals surface area (Å²) >= 11 is 0. The third-order valence-electron chi connectivity index (χ3n) is 5.99. The first kappa shape index (κ1) is 23.6. The zero-order chi connectivity index (χ0) is 22.8. The van der Waals surface area contributed by atoms with Crippen LogP contribution in [0.25, 0.3) is 0 Å². The van der Waals surface area contributed by atoms with E-state index in [-0.39, 0.29) is 24.5 Å². The van der Waals surface area contributed by atoms with Crippen LogP contribution in [-0.4, -0.2) is 49.1 Å². The number of rotatable bonds is 11. The van der Waals surface area contributed by atoms with Crippen molar-refractivity contribution in [3.63, 3.8) is 0 Å². The SMILES string of the molecule is CC[C@H](C(=O)NC1CCCC1)N(CCc1ccccc1)C(=O)COc1ccccc1OC. The molecule has 1 aliphatic rings. The molecule has 0 bridgehead atoms. The molecule has 172 valence electrons. The largest absolute Gasteiger partial charge is 0.493 e. The van der Waals surface area contributed by atoms with Crippen molar-refractivity contribution < 1.29 is 19.1 Å². The standard InChI is InChI=1S/C26H34N2O4/c1-3-22(26(30)27-21-13-7-8-14-21)28(18-17-20-11-5-4-6-12-20)25(29)19-32-24-16-10-9-15-23(24)31-2/h4-6,9-12,15-16,21-22H,3,7-8,13-14,17-19H2,1-2H3,(H,27,30)/t22-/m1/s1. The van der Waals surface area contributed by atoms with E-state index >= 15 is 0 Å². The summed E-state index contributed by atoms with van der Waals surface area (Å²) in [6, 6.07) is 16.9. The average molecular weight is 439 g/mol. The predicted molar refractivity (Wildman–Crippen MR) is 125 cm³/mol. The van der Waals surface area contributed by atoms with Crippen LogP contribution < -0.4 is 14.8 Å². The van der Waals surface area contributed by atoms with E-state index in [1.807, 2.05) is 49.4 Å². The second-order valence-corrected chi connectivity index (χ2v) is 8.18. The van der Waals surface area contributed by atoms with Gasteiger partial charge in [-0.1, -0.05) is 62.2 Å². The van der Waals surface area contributed by atoms with E-state index in [2.05, 4.69) is 5.32 Å². The fourth-order valence-corrected chi connectivity index (χ4v) is 4.22. The minimum atomic E-state index is -0.520. The van der Waals surface area contributed by atoms with Crippen molar-refractivity contribution in [2.45, 2.75) is 57.5 Å². The molecule has 0 unspecified atom stereocenters. The number of benzene rings is 2. The zero-order valence-electron chi connectivity index (χ0n) is 19.1. The number of para-hydroxylation sites is 2. The molecule has 1 saturated carbocycles. The molecule has 1 aliphatic carbocycles. The normalized spacial score (nSPS) is 14.6. The molecule has 0 saturated heterocycles. The fourth-order valence-electron chi connectivity index (χ4n) is 4.22. The summed E-state index contributed by atoms with van der Waals surface area (Å²) in [6.07, 6.45) is 5.53. The molecule has 0 spiro atoms. The lowest BCUT2D eigenvalue weighted by Gasteiger charge is -2.31. The molecule has 0 heterocycles. The topological polar surface area (TPSA) is 67.9 Å². The molecule has 2 aromatic rings. The smallest absolute Gasteiger partial charge is 0.261 e. The van der Waals surface area contributed by atoms with Gasteiger partial charge < -0.3 is 19.7 Å². The third-order valence-corrected chi connectivity index (χ3v) is 5.99. The maximum atomic E-state index is 13.3. The van der Waals surface area contributed by atoms with Gasteiger partial charge in [0.15, 0.2) is 18.1 Å². The minimum Gasteiger partial charge on any atom is -0.493 e. The Morgan fingerprint density at radius 1 is 1.03 bits per heavy atom. The van der Waals surface area contributed by atoms with Crippen LogP contribution in [0.15, 0.2) is 54.6 Å². The Hall–Kier alpha value is -3.02. The number of hydrogen-bond acceptors (Lipinski definition) is 4. The molecular weight excluding hydrogens is 404 g/mol. The van der Waals surface area contributed by atoms with Gasteiger partial charge in [-0.2, -0.15) is 0 Å². The highest BCUT2D eigenvalue weighted by Crippen LogP contribution is 2.26. The number of hydrogen-bond donors (Lipinski definition) is 1. The third kappa shape index (κ3) is 6.49. The van der Waals surface area contributed by atoms with E-state index in [1.54, 1.807) is 24.1 Å². The molecule has 6 heteroatoms. The molecule has 32 heavy (non-hydrogen) atoms. The van der Waals surface area contributed by atoms with E-state index < -0.39 is 6.04 Å². The van der Waals surface area contributed by atoms with Gasteiger partial charge in [-0.3, -0.25) is 9.59 Å². The molecule has 3 rings (SSSR count). The molecule has 6 nitrogen and oxygen atoms in total. The summed E-state index contributed by atoms with van der Waals surface area (Å²) in [5.74, 6) is 0.801. The summed E-state index contributed by atoms with van der Waals surface area (Å²) in [6.45, 7) is 2.25. The second-order valence-electron chi connectivity index (χ2n) is 8.18. The molecule has 0 aromatic heterocycles. The first-order valence-corrected chi connectivity index (χ1v) is 11.5. The highest BCUT2D eigenvalue weighted by atomic mass is 16.5. The Bertz CT molecular complexity index is 865. The fraction of sp³-hybridized carbons (Fsp3) is 0.462.